The molecule has 0 aliphatic heterocycles. The number of nitrogens with one attached hydrogen (secondary N) is 2. The Morgan fingerprint density at radius 3 is 2.66 bits per heavy atom. The van der Waals surface area contributed by atoms with Crippen molar-refractivity contribution in [2.75, 3.05) is 5.32 Å². The Labute approximate surface area is 186 Å². The fraction of sp³-hybridized carbons (Fsp3) is 0.478. The molecule has 9 heteroatoms. The number of carbonyl (C=O) groups excluding carboxylic acids is 2. The molecule has 2 amide bonds. The second-order valence-electron chi connectivity index (χ2n) is 8.81. The van der Waals surface area contributed by atoms with Crippen molar-refractivity contribution < 1.29 is 14.0 Å². The van der Waals surface area contributed by atoms with Gasteiger partial charge in [-0.25, -0.2) is 4.39 Å². The average molecular weight is 439 g/mol. The molecule has 168 valence electrons. The molecule has 0 unspecified atom stereocenters. The van der Waals surface area contributed by atoms with Crippen LogP contribution in [-0.2, 0) is 16.9 Å². The summed E-state index contributed by atoms with van der Waals surface area (Å²) in [5.41, 5.74) is 5.99. The highest BCUT2D eigenvalue weighted by atomic mass is 19.1. The highest BCUT2D eigenvalue weighted by Crippen LogP contribution is 2.39. The minimum Gasteiger partial charge on any atom is -0.365 e. The molecule has 0 bridgehead atoms. The number of hydrogen-bond donors (Lipinski definition) is 3. The largest absolute Gasteiger partial charge is 0.365 e. The van der Waals surface area contributed by atoms with E-state index in [1.54, 1.807) is 16.9 Å². The molecule has 32 heavy (non-hydrogen) atoms. The molecule has 2 aromatic rings. The van der Waals surface area contributed by atoms with Gasteiger partial charge in [-0.2, -0.15) is 10.4 Å². The molecular formula is C23H27FN6O2. The maximum Gasteiger partial charge on any atom is 0.254 e. The van der Waals surface area contributed by atoms with Crippen LogP contribution in [-0.4, -0.2) is 27.6 Å². The minimum atomic E-state index is -0.667. The van der Waals surface area contributed by atoms with Crippen molar-refractivity contribution >= 4 is 17.6 Å². The number of benzene rings is 1. The van der Waals surface area contributed by atoms with Crippen LogP contribution in [0.2, 0.25) is 0 Å². The van der Waals surface area contributed by atoms with Crippen LogP contribution >= 0.6 is 0 Å². The molecular weight excluding hydrogens is 411 g/mol. The Kier molecular flexibility index (Phi) is 6.24. The Balaban J connectivity index is 1.46. The molecule has 0 atom stereocenters. The zero-order valence-corrected chi connectivity index (χ0v) is 17.8. The van der Waals surface area contributed by atoms with E-state index in [0.29, 0.717) is 19.4 Å². The van der Waals surface area contributed by atoms with E-state index in [1.807, 2.05) is 6.07 Å². The van der Waals surface area contributed by atoms with Gasteiger partial charge < -0.3 is 16.4 Å². The Hall–Kier alpha value is -3.25. The maximum atomic E-state index is 13.4. The molecule has 4 N–H and O–H groups in total. The predicted molar refractivity (Wildman–Crippen MR) is 116 cm³/mol. The van der Waals surface area contributed by atoms with Crippen LogP contribution < -0.4 is 16.4 Å². The number of nitrogens with two attached hydrogens (primary N) is 1. The summed E-state index contributed by atoms with van der Waals surface area (Å²) < 4.78 is 15.1. The molecule has 0 radical (unpaired) electrons. The fourth-order valence-corrected chi connectivity index (χ4v) is 4.36. The smallest absolute Gasteiger partial charge is 0.254 e. The molecule has 0 saturated heterocycles. The van der Waals surface area contributed by atoms with Gasteiger partial charge in [0.25, 0.3) is 5.91 Å². The van der Waals surface area contributed by atoms with E-state index in [1.165, 1.54) is 12.1 Å². The van der Waals surface area contributed by atoms with Crippen molar-refractivity contribution in [2.24, 2.45) is 11.7 Å². The zero-order valence-electron chi connectivity index (χ0n) is 17.8. The van der Waals surface area contributed by atoms with Gasteiger partial charge in [0.1, 0.15) is 11.4 Å². The van der Waals surface area contributed by atoms with Gasteiger partial charge in [0.2, 0.25) is 5.91 Å². The lowest BCUT2D eigenvalue weighted by Crippen LogP contribution is -2.43. The summed E-state index contributed by atoms with van der Waals surface area (Å²) in [5.74, 6) is -0.946. The van der Waals surface area contributed by atoms with Gasteiger partial charge in [0.05, 0.1) is 18.0 Å². The lowest BCUT2D eigenvalue weighted by molar-refractivity contribution is -0.117. The van der Waals surface area contributed by atoms with E-state index in [9.17, 15) is 19.2 Å². The van der Waals surface area contributed by atoms with Crippen LogP contribution in [0.15, 0.2) is 30.5 Å². The number of nitriles is 1. The molecule has 0 spiro atoms. The second-order valence-corrected chi connectivity index (χ2v) is 8.81. The number of amides is 2. The van der Waals surface area contributed by atoms with Gasteiger partial charge in [-0.3, -0.25) is 14.3 Å². The Morgan fingerprint density at radius 2 is 2.03 bits per heavy atom. The summed E-state index contributed by atoms with van der Waals surface area (Å²) >= 11 is 0. The maximum absolute atomic E-state index is 13.4. The summed E-state index contributed by atoms with van der Waals surface area (Å²) in [7, 11) is 0. The third kappa shape index (κ3) is 4.81. The van der Waals surface area contributed by atoms with Crippen LogP contribution in [0.25, 0.3) is 0 Å². The van der Waals surface area contributed by atoms with E-state index in [-0.39, 0.29) is 41.5 Å². The van der Waals surface area contributed by atoms with E-state index < -0.39 is 11.4 Å². The molecule has 8 nitrogen and oxygen atoms in total. The molecule has 1 aromatic carbocycles. The molecule has 2 aliphatic carbocycles. The van der Waals surface area contributed by atoms with Crippen molar-refractivity contribution in [3.63, 3.8) is 0 Å². The lowest BCUT2D eigenvalue weighted by atomic mass is 9.77. The first kappa shape index (κ1) is 22.0. The van der Waals surface area contributed by atoms with Gasteiger partial charge in [-0.1, -0.05) is 12.1 Å². The van der Waals surface area contributed by atoms with Crippen molar-refractivity contribution in [1.29, 1.82) is 5.26 Å². The van der Waals surface area contributed by atoms with Crippen molar-refractivity contribution in [3.05, 3.63) is 47.4 Å². The second kappa shape index (κ2) is 9.09. The number of nitrogens with zero attached hydrogens (tertiary/aromatic N) is 3. The number of aromatic nitrogens is 2. The van der Waals surface area contributed by atoms with Crippen molar-refractivity contribution in [1.82, 2.24) is 15.1 Å². The zero-order chi connectivity index (χ0) is 22.7. The number of carbonyl (C=O) groups is 2. The quantitative estimate of drug-likeness (QED) is 0.584. The number of rotatable bonds is 8. The lowest BCUT2D eigenvalue weighted by Gasteiger charge is -2.39. The summed E-state index contributed by atoms with van der Waals surface area (Å²) in [6.45, 7) is 0.568. The van der Waals surface area contributed by atoms with Gasteiger partial charge in [-0.05, 0) is 56.2 Å². The third-order valence-corrected chi connectivity index (χ3v) is 6.46. The SMILES string of the molecule is N#CC[C@]1(n2cc(C(N)=O)c(NC(=O)C3CC3)n2)CC[C@H](NCc2cccc(F)c2)CC1. The van der Waals surface area contributed by atoms with Gasteiger partial charge >= 0.3 is 0 Å². The average Bonchev–Trinajstić information content (AvgIpc) is 3.53. The van der Waals surface area contributed by atoms with Crippen LogP contribution in [0.5, 0.6) is 0 Å². The van der Waals surface area contributed by atoms with E-state index in [0.717, 1.165) is 31.2 Å². The van der Waals surface area contributed by atoms with Gasteiger partial charge in [0.15, 0.2) is 5.82 Å². The number of halogens is 1. The fourth-order valence-electron chi connectivity index (χ4n) is 4.36. The summed E-state index contributed by atoms with van der Waals surface area (Å²) in [6.07, 6.45) is 6.41. The highest BCUT2D eigenvalue weighted by Gasteiger charge is 2.39. The standard InChI is InChI=1S/C23H27FN6O2/c24-17-3-1-2-15(12-17)13-27-18-6-8-23(9-7-18,10-11-25)30-14-19(20(26)31)21(29-30)28-22(32)16-4-5-16/h1-3,12,14,16,18,27H,4-10,13H2,(H2,26,31)(H,28,29,32)/t18-,23-. The molecule has 4 rings (SSSR count). The molecule has 2 aliphatic rings. The Morgan fingerprint density at radius 1 is 1.28 bits per heavy atom. The first-order valence-corrected chi connectivity index (χ1v) is 11.0. The molecule has 1 aromatic heterocycles. The summed E-state index contributed by atoms with van der Waals surface area (Å²) in [4.78, 5) is 24.2. The van der Waals surface area contributed by atoms with E-state index in [2.05, 4.69) is 21.8 Å². The van der Waals surface area contributed by atoms with Crippen LogP contribution in [0.4, 0.5) is 10.2 Å². The predicted octanol–water partition coefficient (Wildman–Crippen LogP) is 2.81. The van der Waals surface area contributed by atoms with E-state index in [4.69, 9.17) is 5.73 Å². The van der Waals surface area contributed by atoms with Crippen molar-refractivity contribution in [3.8, 4) is 6.07 Å². The molecule has 2 saturated carbocycles. The number of anilines is 1. The Bertz CT molecular complexity index is 1050. The van der Waals surface area contributed by atoms with Crippen LogP contribution in [0.3, 0.4) is 0 Å². The number of primary amides is 1. The highest BCUT2D eigenvalue weighted by molar-refractivity contribution is 6.02. The van der Waals surface area contributed by atoms with Crippen LogP contribution in [0.1, 0.15) is 60.9 Å². The molecule has 2 fully saturated rings. The van der Waals surface area contributed by atoms with Crippen LogP contribution in [0, 0.1) is 23.1 Å². The normalized spacial score (nSPS) is 22.8. The topological polar surface area (TPSA) is 126 Å². The first-order chi connectivity index (χ1) is 15.4. The summed E-state index contributed by atoms with van der Waals surface area (Å²) in [5, 5.41) is 20.2. The third-order valence-electron chi connectivity index (χ3n) is 6.46. The monoisotopic (exact) mass is 438 g/mol. The van der Waals surface area contributed by atoms with Gasteiger partial charge in [0, 0.05) is 24.7 Å². The van der Waals surface area contributed by atoms with E-state index >= 15 is 0 Å². The molecule has 1 heterocycles. The van der Waals surface area contributed by atoms with Gasteiger partial charge in [-0.15, -0.1) is 0 Å². The summed E-state index contributed by atoms with van der Waals surface area (Å²) in [6, 6.07) is 9.00. The first-order valence-electron chi connectivity index (χ1n) is 11.0. The number of hydrogen-bond acceptors (Lipinski definition) is 5. The minimum absolute atomic E-state index is 0.0338. The van der Waals surface area contributed by atoms with Crippen molar-refractivity contribution in [2.45, 2.75) is 63.1 Å².